The van der Waals surface area contributed by atoms with Crippen molar-refractivity contribution in [3.8, 4) is 5.75 Å². The highest BCUT2D eigenvalue weighted by atomic mass is 19.1. The summed E-state index contributed by atoms with van der Waals surface area (Å²) in [7, 11) is 1.54. The van der Waals surface area contributed by atoms with Crippen molar-refractivity contribution in [3.63, 3.8) is 0 Å². The first-order valence-electron chi connectivity index (χ1n) is 9.65. The minimum Gasteiger partial charge on any atom is -0.497 e. The van der Waals surface area contributed by atoms with Crippen LogP contribution in [0.4, 0.5) is 14.9 Å². The summed E-state index contributed by atoms with van der Waals surface area (Å²) >= 11 is 0. The molecule has 2 atom stereocenters. The van der Waals surface area contributed by atoms with Crippen LogP contribution in [0.25, 0.3) is 0 Å². The van der Waals surface area contributed by atoms with Crippen LogP contribution >= 0.6 is 0 Å². The number of likely N-dealkylation sites (tertiary alicyclic amines) is 1. The van der Waals surface area contributed by atoms with Crippen molar-refractivity contribution >= 4 is 23.6 Å². The van der Waals surface area contributed by atoms with Crippen LogP contribution in [-0.4, -0.2) is 53.1 Å². The van der Waals surface area contributed by atoms with E-state index in [1.807, 2.05) is 0 Å². The summed E-state index contributed by atoms with van der Waals surface area (Å²) < 4.78 is 18.2. The molecule has 0 aromatic heterocycles. The Kier molecular flexibility index (Phi) is 6.14. The summed E-state index contributed by atoms with van der Waals surface area (Å²) in [6, 6.07) is 10.6. The second-order valence-corrected chi connectivity index (χ2v) is 7.78. The van der Waals surface area contributed by atoms with E-state index in [4.69, 9.17) is 4.74 Å². The number of benzene rings is 2. The second-order valence-electron chi connectivity index (χ2n) is 7.78. The Balaban J connectivity index is 1.86. The zero-order valence-electron chi connectivity index (χ0n) is 17.4. The molecule has 31 heavy (non-hydrogen) atoms. The number of rotatable bonds is 6. The summed E-state index contributed by atoms with van der Waals surface area (Å²) in [4.78, 5) is 38.7. The van der Waals surface area contributed by atoms with Crippen LogP contribution in [0, 0.1) is 5.82 Å². The maximum absolute atomic E-state index is 13.1. The number of hydrogen-bond acceptors (Lipinski definition) is 4. The number of carboxylic acids is 1. The molecule has 2 unspecified atom stereocenters. The fourth-order valence-corrected chi connectivity index (χ4v) is 3.50. The fourth-order valence-electron chi connectivity index (χ4n) is 3.50. The van der Waals surface area contributed by atoms with Crippen molar-refractivity contribution in [3.05, 3.63) is 59.9 Å². The van der Waals surface area contributed by atoms with Gasteiger partial charge in [0.15, 0.2) is 0 Å². The van der Waals surface area contributed by atoms with Crippen molar-refractivity contribution in [2.75, 3.05) is 19.0 Å². The standard InChI is InChI=1S/C22H24FN3O5/c1-22(2,20(28)29)26-12-17(13-4-10-16(31-3)11-5-13)18(19(26)27)25-21(30)24-15-8-6-14(23)7-9-15/h4-11,17-18H,12H2,1-3H3,(H,28,29)(H2,24,25,30). The molecule has 0 aliphatic carbocycles. The highest BCUT2D eigenvalue weighted by Gasteiger charge is 2.50. The van der Waals surface area contributed by atoms with E-state index in [2.05, 4.69) is 10.6 Å². The summed E-state index contributed by atoms with van der Waals surface area (Å²) in [5.41, 5.74) is -0.343. The normalized spacial score (nSPS) is 18.6. The maximum Gasteiger partial charge on any atom is 0.329 e. The number of halogens is 1. The molecule has 9 heteroatoms. The van der Waals surface area contributed by atoms with E-state index in [1.54, 1.807) is 24.3 Å². The van der Waals surface area contributed by atoms with Crippen LogP contribution in [0.1, 0.15) is 25.3 Å². The van der Waals surface area contributed by atoms with Crippen LogP contribution in [0.15, 0.2) is 48.5 Å². The third-order valence-electron chi connectivity index (χ3n) is 5.44. The molecule has 3 rings (SSSR count). The molecule has 8 nitrogen and oxygen atoms in total. The van der Waals surface area contributed by atoms with Gasteiger partial charge in [-0.15, -0.1) is 0 Å². The average molecular weight is 429 g/mol. The van der Waals surface area contributed by atoms with Gasteiger partial charge in [-0.1, -0.05) is 12.1 Å². The molecule has 164 valence electrons. The number of anilines is 1. The Morgan fingerprint density at radius 1 is 1.13 bits per heavy atom. The van der Waals surface area contributed by atoms with E-state index < -0.39 is 41.2 Å². The van der Waals surface area contributed by atoms with Crippen LogP contribution in [0.5, 0.6) is 5.75 Å². The van der Waals surface area contributed by atoms with E-state index in [9.17, 15) is 23.9 Å². The molecule has 2 aromatic rings. The quantitative estimate of drug-likeness (QED) is 0.655. The second kappa shape index (κ2) is 8.63. The molecule has 0 bridgehead atoms. The van der Waals surface area contributed by atoms with Crippen LogP contribution in [0.3, 0.4) is 0 Å². The first-order chi connectivity index (χ1) is 14.6. The lowest BCUT2D eigenvalue weighted by molar-refractivity contribution is -0.155. The topological polar surface area (TPSA) is 108 Å². The highest BCUT2D eigenvalue weighted by Crippen LogP contribution is 2.34. The van der Waals surface area contributed by atoms with Gasteiger partial charge in [-0.2, -0.15) is 0 Å². The molecular formula is C22H24FN3O5. The van der Waals surface area contributed by atoms with Crippen LogP contribution < -0.4 is 15.4 Å². The molecule has 1 fully saturated rings. The molecule has 0 saturated carbocycles. The fraction of sp³-hybridized carbons (Fsp3) is 0.318. The minimum atomic E-state index is -1.45. The lowest BCUT2D eigenvalue weighted by atomic mass is 9.94. The molecule has 1 aliphatic heterocycles. The SMILES string of the molecule is COc1ccc(C2CN(C(C)(C)C(=O)O)C(=O)C2NC(=O)Nc2ccc(F)cc2)cc1. The summed E-state index contributed by atoms with van der Waals surface area (Å²) in [5, 5.41) is 14.8. The van der Waals surface area contributed by atoms with Gasteiger partial charge in [0.1, 0.15) is 23.1 Å². The third kappa shape index (κ3) is 4.60. The van der Waals surface area contributed by atoms with Gasteiger partial charge in [0.2, 0.25) is 5.91 Å². The smallest absolute Gasteiger partial charge is 0.329 e. The number of urea groups is 1. The molecule has 1 saturated heterocycles. The predicted molar refractivity (Wildman–Crippen MR) is 112 cm³/mol. The van der Waals surface area contributed by atoms with Gasteiger partial charge in [0.25, 0.3) is 0 Å². The van der Waals surface area contributed by atoms with Crippen LogP contribution in [-0.2, 0) is 9.59 Å². The molecular weight excluding hydrogens is 405 g/mol. The third-order valence-corrected chi connectivity index (χ3v) is 5.44. The molecule has 1 heterocycles. The molecule has 0 spiro atoms. The Bertz CT molecular complexity index is 976. The van der Waals surface area contributed by atoms with Crippen molar-refractivity contribution < 1.29 is 28.6 Å². The van der Waals surface area contributed by atoms with Gasteiger partial charge >= 0.3 is 12.0 Å². The molecule has 0 radical (unpaired) electrons. The number of methoxy groups -OCH3 is 1. The molecule has 3 amide bonds. The van der Waals surface area contributed by atoms with Gasteiger partial charge in [-0.3, -0.25) is 4.79 Å². The zero-order valence-corrected chi connectivity index (χ0v) is 17.4. The number of ether oxygens (including phenoxy) is 1. The predicted octanol–water partition coefficient (Wildman–Crippen LogP) is 2.81. The number of carboxylic acid groups (broad SMARTS) is 1. The van der Waals surface area contributed by atoms with E-state index in [1.165, 1.54) is 50.1 Å². The number of carbonyl (C=O) groups excluding carboxylic acids is 2. The average Bonchev–Trinajstić information content (AvgIpc) is 3.06. The molecule has 1 aliphatic rings. The van der Waals surface area contributed by atoms with Crippen molar-refractivity contribution in [2.24, 2.45) is 0 Å². The van der Waals surface area contributed by atoms with E-state index in [-0.39, 0.29) is 6.54 Å². The summed E-state index contributed by atoms with van der Waals surface area (Å²) in [5.74, 6) is -1.93. The van der Waals surface area contributed by atoms with E-state index >= 15 is 0 Å². The van der Waals surface area contributed by atoms with Crippen molar-refractivity contribution in [1.82, 2.24) is 10.2 Å². The lowest BCUT2D eigenvalue weighted by Crippen LogP contribution is -2.53. The van der Waals surface area contributed by atoms with E-state index in [0.29, 0.717) is 11.4 Å². The number of carbonyl (C=O) groups is 3. The number of nitrogens with zero attached hydrogens (tertiary/aromatic N) is 1. The number of nitrogens with one attached hydrogen (secondary N) is 2. The molecule has 2 aromatic carbocycles. The monoisotopic (exact) mass is 429 g/mol. The number of aliphatic carboxylic acids is 1. The first kappa shape index (κ1) is 22.1. The number of amides is 3. The van der Waals surface area contributed by atoms with Crippen molar-refractivity contribution in [1.29, 1.82) is 0 Å². The van der Waals surface area contributed by atoms with Gasteiger partial charge in [0, 0.05) is 18.2 Å². The largest absolute Gasteiger partial charge is 0.497 e. The zero-order chi connectivity index (χ0) is 22.8. The van der Waals surface area contributed by atoms with Crippen LogP contribution in [0.2, 0.25) is 0 Å². The Hall–Kier alpha value is -3.62. The Morgan fingerprint density at radius 2 is 1.74 bits per heavy atom. The van der Waals surface area contributed by atoms with Gasteiger partial charge < -0.3 is 25.4 Å². The Labute approximate surface area is 179 Å². The Morgan fingerprint density at radius 3 is 2.29 bits per heavy atom. The van der Waals surface area contributed by atoms with Gasteiger partial charge in [-0.25, -0.2) is 14.0 Å². The minimum absolute atomic E-state index is 0.117. The molecule has 3 N–H and O–H groups in total. The van der Waals surface area contributed by atoms with Crippen molar-refractivity contribution in [2.45, 2.75) is 31.3 Å². The first-order valence-corrected chi connectivity index (χ1v) is 9.65. The number of hydrogen-bond donors (Lipinski definition) is 3. The van der Waals surface area contributed by atoms with Gasteiger partial charge in [0.05, 0.1) is 7.11 Å². The lowest BCUT2D eigenvalue weighted by Gasteiger charge is -2.31. The highest BCUT2D eigenvalue weighted by molar-refractivity contribution is 5.97. The van der Waals surface area contributed by atoms with Gasteiger partial charge in [-0.05, 0) is 55.8 Å². The summed E-state index contributed by atoms with van der Waals surface area (Å²) in [6.07, 6.45) is 0. The maximum atomic E-state index is 13.1. The summed E-state index contributed by atoms with van der Waals surface area (Å²) in [6.45, 7) is 3.00. The van der Waals surface area contributed by atoms with E-state index in [0.717, 1.165) is 5.56 Å².